The molecule has 2 rings (SSSR count). The standard InChI is InChI=1S/C10H9NO3S/c1-7(12)11-9-2-3-10-8(6-9)4-5-15(10,13)14/h2-6H,1H3,(H,11,12). The summed E-state index contributed by atoms with van der Waals surface area (Å²) in [6, 6.07) is 4.71. The van der Waals surface area contributed by atoms with Gasteiger partial charge in [0, 0.05) is 18.0 Å². The van der Waals surface area contributed by atoms with Gasteiger partial charge in [-0.3, -0.25) is 4.79 Å². The number of nitrogens with one attached hydrogen (secondary N) is 1. The number of anilines is 1. The average molecular weight is 223 g/mol. The molecule has 0 bridgehead atoms. The van der Waals surface area contributed by atoms with Crippen LogP contribution in [0.2, 0.25) is 0 Å². The molecule has 0 atom stereocenters. The lowest BCUT2D eigenvalue weighted by molar-refractivity contribution is -0.114. The van der Waals surface area contributed by atoms with Crippen LogP contribution in [0.3, 0.4) is 0 Å². The van der Waals surface area contributed by atoms with Crippen LogP contribution in [-0.2, 0) is 14.6 Å². The maximum absolute atomic E-state index is 11.4. The van der Waals surface area contributed by atoms with Gasteiger partial charge in [-0.25, -0.2) is 8.42 Å². The topological polar surface area (TPSA) is 63.2 Å². The van der Waals surface area contributed by atoms with E-state index >= 15 is 0 Å². The van der Waals surface area contributed by atoms with Gasteiger partial charge in [-0.15, -0.1) is 0 Å². The lowest BCUT2D eigenvalue weighted by Gasteiger charge is -2.04. The summed E-state index contributed by atoms with van der Waals surface area (Å²) in [6.07, 6.45) is 1.52. The van der Waals surface area contributed by atoms with Crippen LogP contribution >= 0.6 is 0 Å². The number of benzene rings is 1. The fourth-order valence-electron chi connectivity index (χ4n) is 1.46. The number of carbonyl (C=O) groups excluding carboxylic acids is 1. The predicted octanol–water partition coefficient (Wildman–Crippen LogP) is 1.40. The number of hydrogen-bond acceptors (Lipinski definition) is 3. The third kappa shape index (κ3) is 1.78. The lowest BCUT2D eigenvalue weighted by Crippen LogP contribution is -2.06. The van der Waals surface area contributed by atoms with Crippen molar-refractivity contribution in [3.8, 4) is 0 Å². The van der Waals surface area contributed by atoms with E-state index in [9.17, 15) is 13.2 Å². The Labute approximate surface area is 87.5 Å². The highest BCUT2D eigenvalue weighted by molar-refractivity contribution is 7.94. The lowest BCUT2D eigenvalue weighted by atomic mass is 10.2. The summed E-state index contributed by atoms with van der Waals surface area (Å²) in [5.41, 5.74) is 1.21. The Kier molecular flexibility index (Phi) is 2.12. The number of amides is 1. The van der Waals surface area contributed by atoms with Gasteiger partial charge in [0.15, 0.2) is 9.84 Å². The normalized spacial score (nSPS) is 16.1. The van der Waals surface area contributed by atoms with Gasteiger partial charge in [-0.2, -0.15) is 0 Å². The molecular weight excluding hydrogens is 214 g/mol. The summed E-state index contributed by atoms with van der Waals surface area (Å²) in [5.74, 6) is -0.181. The second-order valence-electron chi connectivity index (χ2n) is 3.28. The largest absolute Gasteiger partial charge is 0.326 e. The molecule has 5 heteroatoms. The van der Waals surface area contributed by atoms with Crippen molar-refractivity contribution in [1.29, 1.82) is 0 Å². The molecule has 0 saturated heterocycles. The fraction of sp³-hybridized carbons (Fsp3) is 0.100. The summed E-state index contributed by atoms with van der Waals surface area (Å²) in [7, 11) is -3.24. The van der Waals surface area contributed by atoms with E-state index in [0.29, 0.717) is 11.3 Å². The maximum Gasteiger partial charge on any atom is 0.221 e. The van der Waals surface area contributed by atoms with Gasteiger partial charge in [0.2, 0.25) is 5.91 Å². The minimum absolute atomic E-state index is 0.181. The number of sulfone groups is 1. The quantitative estimate of drug-likeness (QED) is 0.782. The molecule has 1 amide bonds. The first-order chi connectivity index (χ1) is 6.99. The Balaban J connectivity index is 2.46. The molecular formula is C10H9NO3S. The molecule has 0 aromatic heterocycles. The minimum atomic E-state index is -3.24. The third-order valence-electron chi connectivity index (χ3n) is 2.06. The van der Waals surface area contributed by atoms with Crippen LogP contribution < -0.4 is 5.32 Å². The molecule has 0 spiro atoms. The van der Waals surface area contributed by atoms with Crippen molar-refractivity contribution in [3.63, 3.8) is 0 Å². The number of rotatable bonds is 1. The van der Waals surface area contributed by atoms with E-state index in [1.165, 1.54) is 19.1 Å². The third-order valence-corrected chi connectivity index (χ3v) is 3.54. The smallest absolute Gasteiger partial charge is 0.221 e. The second-order valence-corrected chi connectivity index (χ2v) is 5.08. The molecule has 0 fully saturated rings. The molecule has 1 aliphatic rings. The van der Waals surface area contributed by atoms with E-state index in [1.807, 2.05) is 0 Å². The molecule has 0 unspecified atom stereocenters. The summed E-state index contributed by atoms with van der Waals surface area (Å²) >= 11 is 0. The first-order valence-corrected chi connectivity index (χ1v) is 5.88. The van der Waals surface area contributed by atoms with Crippen LogP contribution in [0.4, 0.5) is 5.69 Å². The fourth-order valence-corrected chi connectivity index (χ4v) is 2.64. The van der Waals surface area contributed by atoms with Crippen LogP contribution in [-0.4, -0.2) is 14.3 Å². The van der Waals surface area contributed by atoms with Gasteiger partial charge in [-0.1, -0.05) is 0 Å². The van der Waals surface area contributed by atoms with Crippen molar-refractivity contribution >= 4 is 27.5 Å². The molecule has 1 N–H and O–H groups in total. The van der Waals surface area contributed by atoms with Crippen LogP contribution in [0.15, 0.2) is 28.5 Å². The minimum Gasteiger partial charge on any atom is -0.326 e. The monoisotopic (exact) mass is 223 g/mol. The Morgan fingerprint density at radius 3 is 2.73 bits per heavy atom. The zero-order chi connectivity index (χ0) is 11.1. The second kappa shape index (κ2) is 3.20. The van der Waals surface area contributed by atoms with E-state index < -0.39 is 9.84 Å². The summed E-state index contributed by atoms with van der Waals surface area (Å²) in [5, 5.41) is 3.76. The Morgan fingerprint density at radius 2 is 2.07 bits per heavy atom. The summed E-state index contributed by atoms with van der Waals surface area (Å²) in [6.45, 7) is 1.40. The number of hydrogen-bond donors (Lipinski definition) is 1. The SMILES string of the molecule is CC(=O)Nc1ccc2c(c1)C=CS2(=O)=O. The first-order valence-electron chi connectivity index (χ1n) is 4.34. The molecule has 0 aliphatic carbocycles. The van der Waals surface area contributed by atoms with E-state index in [2.05, 4.69) is 5.32 Å². The molecule has 1 heterocycles. The van der Waals surface area contributed by atoms with Crippen LogP contribution in [0.1, 0.15) is 12.5 Å². The highest BCUT2D eigenvalue weighted by atomic mass is 32.2. The Hall–Kier alpha value is -1.62. The highest BCUT2D eigenvalue weighted by Crippen LogP contribution is 2.28. The van der Waals surface area contributed by atoms with Crippen molar-refractivity contribution < 1.29 is 13.2 Å². The number of carbonyl (C=O) groups is 1. The van der Waals surface area contributed by atoms with Crippen molar-refractivity contribution in [2.24, 2.45) is 0 Å². The van der Waals surface area contributed by atoms with Gasteiger partial charge in [0.05, 0.1) is 4.90 Å². The van der Waals surface area contributed by atoms with E-state index in [-0.39, 0.29) is 10.8 Å². The molecule has 4 nitrogen and oxygen atoms in total. The molecule has 15 heavy (non-hydrogen) atoms. The van der Waals surface area contributed by atoms with Crippen molar-refractivity contribution in [2.75, 3.05) is 5.32 Å². The van der Waals surface area contributed by atoms with Crippen LogP contribution in [0.25, 0.3) is 6.08 Å². The number of fused-ring (bicyclic) bond motifs is 1. The molecule has 0 saturated carbocycles. The van der Waals surface area contributed by atoms with Gasteiger partial charge in [0.1, 0.15) is 0 Å². The Bertz CT molecular complexity index is 558. The van der Waals surface area contributed by atoms with Gasteiger partial charge >= 0.3 is 0 Å². The van der Waals surface area contributed by atoms with Crippen LogP contribution in [0, 0.1) is 0 Å². The van der Waals surface area contributed by atoms with E-state index in [4.69, 9.17) is 0 Å². The zero-order valence-corrected chi connectivity index (χ0v) is 8.84. The Morgan fingerprint density at radius 1 is 1.33 bits per heavy atom. The van der Waals surface area contributed by atoms with Gasteiger partial charge < -0.3 is 5.32 Å². The van der Waals surface area contributed by atoms with Gasteiger partial charge in [-0.05, 0) is 29.8 Å². The first kappa shape index (κ1) is 9.92. The molecule has 1 aliphatic heterocycles. The van der Waals surface area contributed by atoms with Crippen molar-refractivity contribution in [2.45, 2.75) is 11.8 Å². The molecule has 0 radical (unpaired) electrons. The average Bonchev–Trinajstić information content (AvgIpc) is 2.41. The maximum atomic E-state index is 11.4. The van der Waals surface area contributed by atoms with E-state index in [0.717, 1.165) is 5.41 Å². The van der Waals surface area contributed by atoms with Gasteiger partial charge in [0.25, 0.3) is 0 Å². The van der Waals surface area contributed by atoms with E-state index in [1.54, 1.807) is 12.1 Å². The summed E-state index contributed by atoms with van der Waals surface area (Å²) < 4.78 is 22.8. The summed E-state index contributed by atoms with van der Waals surface area (Å²) in [4.78, 5) is 11.1. The molecule has 1 aromatic carbocycles. The van der Waals surface area contributed by atoms with Crippen molar-refractivity contribution in [1.82, 2.24) is 0 Å². The van der Waals surface area contributed by atoms with Crippen molar-refractivity contribution in [3.05, 3.63) is 29.2 Å². The molecule has 78 valence electrons. The highest BCUT2D eigenvalue weighted by Gasteiger charge is 2.20. The molecule has 1 aromatic rings. The van der Waals surface area contributed by atoms with Crippen LogP contribution in [0.5, 0.6) is 0 Å². The predicted molar refractivity (Wildman–Crippen MR) is 57.0 cm³/mol. The zero-order valence-electron chi connectivity index (χ0n) is 8.02.